The fourth-order valence-electron chi connectivity index (χ4n) is 1.42. The van der Waals surface area contributed by atoms with Crippen LogP contribution in [0.4, 0.5) is 11.6 Å². The standard InChI is InChI=1S/C12H22N4O2S/c1-4-5-13-10-6-11(16-12(15-10)19-3)14-7-9(17)8-18-2/h6,9,17H,4-5,7-8H2,1-3H3,(H2,13,14,15,16). The Balaban J connectivity index is 2.65. The van der Waals surface area contributed by atoms with E-state index in [1.54, 1.807) is 7.11 Å². The number of nitrogens with one attached hydrogen (secondary N) is 2. The molecule has 0 spiro atoms. The predicted molar refractivity (Wildman–Crippen MR) is 79.0 cm³/mol. The lowest BCUT2D eigenvalue weighted by molar-refractivity contribution is 0.0727. The van der Waals surface area contributed by atoms with E-state index in [9.17, 15) is 5.11 Å². The second kappa shape index (κ2) is 8.95. The van der Waals surface area contributed by atoms with Crippen molar-refractivity contribution >= 4 is 23.4 Å². The van der Waals surface area contributed by atoms with Gasteiger partial charge in [-0.3, -0.25) is 0 Å². The van der Waals surface area contributed by atoms with Gasteiger partial charge in [-0.2, -0.15) is 0 Å². The minimum Gasteiger partial charge on any atom is -0.389 e. The van der Waals surface area contributed by atoms with Crippen LogP contribution in [0.3, 0.4) is 0 Å². The summed E-state index contributed by atoms with van der Waals surface area (Å²) in [6.07, 6.45) is 2.42. The normalized spacial score (nSPS) is 12.2. The highest BCUT2D eigenvalue weighted by molar-refractivity contribution is 7.98. The average molecular weight is 286 g/mol. The van der Waals surface area contributed by atoms with Gasteiger partial charge in [-0.05, 0) is 12.7 Å². The van der Waals surface area contributed by atoms with E-state index in [-0.39, 0.29) is 0 Å². The predicted octanol–water partition coefficient (Wildman–Crippen LogP) is 1.44. The number of thioether (sulfide) groups is 1. The van der Waals surface area contributed by atoms with E-state index in [0.717, 1.165) is 18.8 Å². The molecule has 108 valence electrons. The van der Waals surface area contributed by atoms with Crippen molar-refractivity contribution in [1.29, 1.82) is 0 Å². The highest BCUT2D eigenvalue weighted by Gasteiger charge is 2.06. The number of aliphatic hydroxyl groups is 1. The molecule has 0 aliphatic rings. The van der Waals surface area contributed by atoms with E-state index >= 15 is 0 Å². The maximum atomic E-state index is 9.60. The van der Waals surface area contributed by atoms with Crippen LogP contribution in [0.1, 0.15) is 13.3 Å². The number of anilines is 2. The van der Waals surface area contributed by atoms with Crippen molar-refractivity contribution in [3.63, 3.8) is 0 Å². The van der Waals surface area contributed by atoms with Crippen molar-refractivity contribution in [3.8, 4) is 0 Å². The molecule has 19 heavy (non-hydrogen) atoms. The molecule has 0 bridgehead atoms. The van der Waals surface area contributed by atoms with E-state index in [4.69, 9.17) is 4.74 Å². The first kappa shape index (κ1) is 16.0. The summed E-state index contributed by atoms with van der Waals surface area (Å²) in [5, 5.41) is 16.6. The summed E-state index contributed by atoms with van der Waals surface area (Å²) in [6, 6.07) is 1.84. The minimum atomic E-state index is -0.551. The maximum absolute atomic E-state index is 9.60. The highest BCUT2D eigenvalue weighted by Crippen LogP contribution is 2.17. The molecule has 1 aromatic heterocycles. The van der Waals surface area contributed by atoms with Crippen LogP contribution < -0.4 is 10.6 Å². The maximum Gasteiger partial charge on any atom is 0.191 e. The second-order valence-corrected chi connectivity index (χ2v) is 4.82. The summed E-state index contributed by atoms with van der Waals surface area (Å²) in [6.45, 7) is 3.67. The van der Waals surface area contributed by atoms with Crippen LogP contribution in [-0.2, 0) is 4.74 Å². The van der Waals surface area contributed by atoms with Crippen molar-refractivity contribution < 1.29 is 9.84 Å². The van der Waals surface area contributed by atoms with Crippen LogP contribution >= 0.6 is 11.8 Å². The van der Waals surface area contributed by atoms with Gasteiger partial charge in [0, 0.05) is 26.3 Å². The Hall–Kier alpha value is -1.05. The van der Waals surface area contributed by atoms with Crippen molar-refractivity contribution in [2.24, 2.45) is 0 Å². The Labute approximate surface area is 118 Å². The Morgan fingerprint density at radius 2 is 2.05 bits per heavy atom. The summed E-state index contributed by atoms with van der Waals surface area (Å²) in [7, 11) is 1.56. The number of rotatable bonds is 9. The van der Waals surface area contributed by atoms with Crippen LogP contribution in [0.15, 0.2) is 11.2 Å². The number of methoxy groups -OCH3 is 1. The number of aliphatic hydroxyl groups excluding tert-OH is 1. The lowest BCUT2D eigenvalue weighted by Gasteiger charge is -2.13. The van der Waals surface area contributed by atoms with Crippen LogP contribution in [0.25, 0.3) is 0 Å². The van der Waals surface area contributed by atoms with Crippen LogP contribution in [0.5, 0.6) is 0 Å². The van der Waals surface area contributed by atoms with Gasteiger partial charge in [0.15, 0.2) is 5.16 Å². The molecule has 1 aromatic rings. The lowest BCUT2D eigenvalue weighted by atomic mass is 10.3. The molecule has 0 fully saturated rings. The van der Waals surface area contributed by atoms with Gasteiger partial charge in [0.1, 0.15) is 11.6 Å². The third-order valence-electron chi connectivity index (χ3n) is 2.32. The van der Waals surface area contributed by atoms with Gasteiger partial charge in [-0.1, -0.05) is 18.7 Å². The van der Waals surface area contributed by atoms with E-state index in [1.165, 1.54) is 11.8 Å². The zero-order valence-electron chi connectivity index (χ0n) is 11.6. The van der Waals surface area contributed by atoms with E-state index < -0.39 is 6.10 Å². The van der Waals surface area contributed by atoms with Gasteiger partial charge in [0.25, 0.3) is 0 Å². The van der Waals surface area contributed by atoms with Gasteiger partial charge < -0.3 is 20.5 Å². The molecule has 0 radical (unpaired) electrons. The zero-order valence-corrected chi connectivity index (χ0v) is 12.5. The smallest absolute Gasteiger partial charge is 0.191 e. The molecule has 7 heteroatoms. The highest BCUT2D eigenvalue weighted by atomic mass is 32.2. The molecular weight excluding hydrogens is 264 g/mol. The monoisotopic (exact) mass is 286 g/mol. The van der Waals surface area contributed by atoms with E-state index in [1.807, 2.05) is 12.3 Å². The third kappa shape index (κ3) is 6.09. The Morgan fingerprint density at radius 3 is 2.63 bits per heavy atom. The Kier molecular flexibility index (Phi) is 7.54. The van der Waals surface area contributed by atoms with Gasteiger partial charge >= 0.3 is 0 Å². The molecule has 0 saturated carbocycles. The largest absolute Gasteiger partial charge is 0.389 e. The molecule has 0 saturated heterocycles. The molecule has 0 amide bonds. The van der Waals surface area contributed by atoms with Crippen LogP contribution in [0.2, 0.25) is 0 Å². The summed E-state index contributed by atoms with van der Waals surface area (Å²) < 4.78 is 4.87. The number of nitrogens with zero attached hydrogens (tertiary/aromatic N) is 2. The van der Waals surface area contributed by atoms with Crippen LogP contribution in [0, 0.1) is 0 Å². The average Bonchev–Trinajstić information content (AvgIpc) is 2.43. The first-order valence-corrected chi connectivity index (χ1v) is 7.49. The van der Waals surface area contributed by atoms with Gasteiger partial charge in [-0.25, -0.2) is 9.97 Å². The van der Waals surface area contributed by atoms with Gasteiger partial charge in [0.05, 0.1) is 12.7 Å². The number of aromatic nitrogens is 2. The van der Waals surface area contributed by atoms with Crippen molar-refractivity contribution in [2.75, 3.05) is 43.7 Å². The zero-order chi connectivity index (χ0) is 14.1. The molecule has 0 aromatic carbocycles. The topological polar surface area (TPSA) is 79.3 Å². The summed E-state index contributed by atoms with van der Waals surface area (Å²) in [5.74, 6) is 1.50. The van der Waals surface area contributed by atoms with E-state index in [0.29, 0.717) is 24.1 Å². The molecule has 1 atom stereocenters. The van der Waals surface area contributed by atoms with Gasteiger partial charge in [0.2, 0.25) is 0 Å². The van der Waals surface area contributed by atoms with Gasteiger partial charge in [-0.15, -0.1) is 0 Å². The van der Waals surface area contributed by atoms with E-state index in [2.05, 4.69) is 27.5 Å². The first-order valence-electron chi connectivity index (χ1n) is 6.27. The fraction of sp³-hybridized carbons (Fsp3) is 0.667. The summed E-state index contributed by atoms with van der Waals surface area (Å²) in [4.78, 5) is 8.71. The fourth-order valence-corrected chi connectivity index (χ4v) is 1.80. The summed E-state index contributed by atoms with van der Waals surface area (Å²) >= 11 is 1.49. The Morgan fingerprint density at radius 1 is 1.37 bits per heavy atom. The molecule has 3 N–H and O–H groups in total. The Bertz CT molecular complexity index is 379. The third-order valence-corrected chi connectivity index (χ3v) is 2.87. The van der Waals surface area contributed by atoms with Crippen LogP contribution in [-0.4, -0.2) is 54.2 Å². The molecule has 6 nitrogen and oxygen atoms in total. The molecule has 1 unspecified atom stereocenters. The molecule has 1 rings (SSSR count). The van der Waals surface area contributed by atoms with Crippen molar-refractivity contribution in [3.05, 3.63) is 6.07 Å². The minimum absolute atomic E-state index is 0.300. The molecule has 0 aliphatic carbocycles. The number of hydrogen-bond acceptors (Lipinski definition) is 7. The molecule has 0 aliphatic heterocycles. The van der Waals surface area contributed by atoms with Crippen molar-refractivity contribution in [1.82, 2.24) is 9.97 Å². The SMILES string of the molecule is CCCNc1cc(NCC(O)COC)nc(SC)n1. The molecular formula is C12H22N4O2S. The number of hydrogen-bond donors (Lipinski definition) is 3. The summed E-state index contributed by atoms with van der Waals surface area (Å²) in [5.41, 5.74) is 0. The first-order chi connectivity index (χ1) is 9.19. The molecule has 1 heterocycles. The quantitative estimate of drug-likeness (QED) is 0.468. The number of ether oxygens (including phenoxy) is 1. The lowest BCUT2D eigenvalue weighted by Crippen LogP contribution is -2.24. The van der Waals surface area contributed by atoms with Crippen molar-refractivity contribution in [2.45, 2.75) is 24.6 Å². The second-order valence-electron chi connectivity index (χ2n) is 4.04.